The second-order valence-electron chi connectivity index (χ2n) is 5.68. The zero-order chi connectivity index (χ0) is 15.2. The van der Waals surface area contributed by atoms with Crippen LogP contribution in [0, 0.1) is 0 Å². The second kappa shape index (κ2) is 7.28. The molecule has 1 N–H and O–H groups in total. The van der Waals surface area contributed by atoms with Crippen LogP contribution < -0.4 is 10.1 Å². The van der Waals surface area contributed by atoms with Gasteiger partial charge in [-0.3, -0.25) is 0 Å². The van der Waals surface area contributed by atoms with E-state index in [9.17, 15) is 0 Å². The summed E-state index contributed by atoms with van der Waals surface area (Å²) in [5.74, 6) is 2.31. The van der Waals surface area contributed by atoms with Crippen LogP contribution in [-0.2, 0) is 0 Å². The lowest BCUT2D eigenvalue weighted by molar-refractivity contribution is 0.479. The van der Waals surface area contributed by atoms with Crippen molar-refractivity contribution in [1.29, 1.82) is 0 Å². The van der Waals surface area contributed by atoms with E-state index in [1.807, 2.05) is 24.3 Å². The Balaban J connectivity index is 2.10. The summed E-state index contributed by atoms with van der Waals surface area (Å²) in [5, 5.41) is 3.42. The van der Waals surface area contributed by atoms with Crippen LogP contribution >= 0.6 is 0 Å². The van der Waals surface area contributed by atoms with Gasteiger partial charge in [0.05, 0.1) is 0 Å². The molecule has 0 aliphatic carbocycles. The highest BCUT2D eigenvalue weighted by molar-refractivity contribution is 5.36. The van der Waals surface area contributed by atoms with Crippen molar-refractivity contribution in [2.75, 3.05) is 6.54 Å². The third-order valence-electron chi connectivity index (χ3n) is 3.65. The average molecular weight is 283 g/mol. The molecule has 0 aromatic heterocycles. The van der Waals surface area contributed by atoms with Crippen molar-refractivity contribution in [2.45, 2.75) is 39.7 Å². The number of hydrogen-bond donors (Lipinski definition) is 1. The quantitative estimate of drug-likeness (QED) is 0.779. The van der Waals surface area contributed by atoms with Crippen molar-refractivity contribution < 1.29 is 4.74 Å². The van der Waals surface area contributed by atoms with Crippen molar-refractivity contribution in [3.63, 3.8) is 0 Å². The molecule has 2 nitrogen and oxygen atoms in total. The summed E-state index contributed by atoms with van der Waals surface area (Å²) in [6.45, 7) is 9.64. The first-order chi connectivity index (χ1) is 10.1. The van der Waals surface area contributed by atoms with Crippen molar-refractivity contribution in [3.8, 4) is 11.5 Å². The van der Waals surface area contributed by atoms with Gasteiger partial charge in [-0.2, -0.15) is 0 Å². The minimum Gasteiger partial charge on any atom is -0.457 e. The Labute approximate surface area is 128 Å². The average Bonchev–Trinajstić information content (AvgIpc) is 2.48. The minimum atomic E-state index is 0.335. The molecule has 1 atom stereocenters. The van der Waals surface area contributed by atoms with Gasteiger partial charge in [0.25, 0.3) is 0 Å². The summed E-state index contributed by atoms with van der Waals surface area (Å²) in [6, 6.07) is 16.9. The predicted molar refractivity (Wildman–Crippen MR) is 89.1 cm³/mol. The van der Waals surface area contributed by atoms with Gasteiger partial charge in [0.1, 0.15) is 11.5 Å². The largest absolute Gasteiger partial charge is 0.457 e. The van der Waals surface area contributed by atoms with Gasteiger partial charge in [-0.25, -0.2) is 0 Å². The van der Waals surface area contributed by atoms with Gasteiger partial charge < -0.3 is 10.1 Å². The van der Waals surface area contributed by atoms with Crippen LogP contribution in [-0.4, -0.2) is 6.54 Å². The molecular formula is C19H25NO. The molecule has 2 aromatic rings. The molecule has 0 radical (unpaired) electrons. The van der Waals surface area contributed by atoms with E-state index in [1.165, 1.54) is 11.1 Å². The molecule has 2 rings (SSSR count). The monoisotopic (exact) mass is 283 g/mol. The molecule has 21 heavy (non-hydrogen) atoms. The van der Waals surface area contributed by atoms with Crippen LogP contribution in [0.4, 0.5) is 0 Å². The summed E-state index contributed by atoms with van der Waals surface area (Å²) in [7, 11) is 0. The molecule has 0 saturated heterocycles. The maximum absolute atomic E-state index is 5.95. The van der Waals surface area contributed by atoms with Gasteiger partial charge >= 0.3 is 0 Å². The lowest BCUT2D eigenvalue weighted by Crippen LogP contribution is -2.17. The first-order valence-electron chi connectivity index (χ1n) is 7.71. The van der Waals surface area contributed by atoms with Crippen molar-refractivity contribution in [3.05, 3.63) is 59.7 Å². The molecule has 112 valence electrons. The molecule has 0 amide bonds. The zero-order valence-corrected chi connectivity index (χ0v) is 13.4. The summed E-state index contributed by atoms with van der Waals surface area (Å²) in [4.78, 5) is 0. The molecule has 0 spiro atoms. The molecule has 0 aliphatic heterocycles. The molecule has 0 fully saturated rings. The fourth-order valence-corrected chi connectivity index (χ4v) is 2.33. The standard InChI is InChI=1S/C19H25NO/c1-5-20-15(4)17-7-6-8-19(13-17)21-18-11-9-16(10-12-18)14(2)3/h6-15,20H,5H2,1-4H3. The van der Waals surface area contributed by atoms with Crippen LogP contribution in [0.3, 0.4) is 0 Å². The third kappa shape index (κ3) is 4.33. The van der Waals surface area contributed by atoms with Crippen LogP contribution in [0.15, 0.2) is 48.5 Å². The highest BCUT2D eigenvalue weighted by Crippen LogP contribution is 2.26. The molecule has 0 heterocycles. The number of ether oxygens (including phenoxy) is 1. The fraction of sp³-hybridized carbons (Fsp3) is 0.368. The molecule has 0 bridgehead atoms. The van der Waals surface area contributed by atoms with Gasteiger partial charge in [-0.1, -0.05) is 45.0 Å². The highest BCUT2D eigenvalue weighted by atomic mass is 16.5. The van der Waals surface area contributed by atoms with E-state index in [0.29, 0.717) is 12.0 Å². The molecule has 1 unspecified atom stereocenters. The molecule has 2 heteroatoms. The van der Waals surface area contributed by atoms with Gasteiger partial charge in [0, 0.05) is 6.04 Å². The summed E-state index contributed by atoms with van der Waals surface area (Å²) < 4.78 is 5.95. The lowest BCUT2D eigenvalue weighted by atomic mass is 10.0. The van der Waals surface area contributed by atoms with Gasteiger partial charge in [0.15, 0.2) is 0 Å². The Morgan fingerprint density at radius 1 is 0.905 bits per heavy atom. The van der Waals surface area contributed by atoms with Gasteiger partial charge in [-0.05, 0) is 54.8 Å². The molecule has 2 aromatic carbocycles. The third-order valence-corrected chi connectivity index (χ3v) is 3.65. The van der Waals surface area contributed by atoms with Crippen LogP contribution in [0.1, 0.15) is 50.8 Å². The van der Waals surface area contributed by atoms with Crippen LogP contribution in [0.2, 0.25) is 0 Å². The second-order valence-corrected chi connectivity index (χ2v) is 5.68. The molecule has 0 saturated carbocycles. The number of nitrogens with one attached hydrogen (secondary N) is 1. The van der Waals surface area contributed by atoms with E-state index in [-0.39, 0.29) is 0 Å². The Kier molecular flexibility index (Phi) is 5.40. The topological polar surface area (TPSA) is 21.3 Å². The van der Waals surface area contributed by atoms with E-state index in [2.05, 4.69) is 57.3 Å². The van der Waals surface area contributed by atoms with E-state index in [1.54, 1.807) is 0 Å². The van der Waals surface area contributed by atoms with Crippen LogP contribution in [0.25, 0.3) is 0 Å². The first kappa shape index (κ1) is 15.6. The van der Waals surface area contributed by atoms with Crippen molar-refractivity contribution in [1.82, 2.24) is 5.32 Å². The van der Waals surface area contributed by atoms with Crippen molar-refractivity contribution in [2.24, 2.45) is 0 Å². The predicted octanol–water partition coefficient (Wildman–Crippen LogP) is 5.27. The van der Waals surface area contributed by atoms with E-state index < -0.39 is 0 Å². The molecule has 0 aliphatic rings. The number of hydrogen-bond acceptors (Lipinski definition) is 2. The van der Waals surface area contributed by atoms with E-state index in [4.69, 9.17) is 4.74 Å². The smallest absolute Gasteiger partial charge is 0.127 e. The molecular weight excluding hydrogens is 258 g/mol. The van der Waals surface area contributed by atoms with Gasteiger partial charge in [-0.15, -0.1) is 0 Å². The zero-order valence-electron chi connectivity index (χ0n) is 13.4. The Bertz CT molecular complexity index is 560. The minimum absolute atomic E-state index is 0.335. The number of rotatable bonds is 6. The highest BCUT2D eigenvalue weighted by Gasteiger charge is 2.06. The Morgan fingerprint density at radius 2 is 1.62 bits per heavy atom. The van der Waals surface area contributed by atoms with Crippen molar-refractivity contribution >= 4 is 0 Å². The maximum atomic E-state index is 5.95. The summed E-state index contributed by atoms with van der Waals surface area (Å²) >= 11 is 0. The van der Waals surface area contributed by atoms with E-state index >= 15 is 0 Å². The normalized spacial score (nSPS) is 12.4. The maximum Gasteiger partial charge on any atom is 0.127 e. The summed E-state index contributed by atoms with van der Waals surface area (Å²) in [6.07, 6.45) is 0. The number of benzene rings is 2. The summed E-state index contributed by atoms with van der Waals surface area (Å²) in [5.41, 5.74) is 2.57. The Hall–Kier alpha value is -1.80. The lowest BCUT2D eigenvalue weighted by Gasteiger charge is -2.14. The fourth-order valence-electron chi connectivity index (χ4n) is 2.33. The SMILES string of the molecule is CCNC(C)c1cccc(Oc2ccc(C(C)C)cc2)c1. The Morgan fingerprint density at radius 3 is 2.24 bits per heavy atom. The van der Waals surface area contributed by atoms with Gasteiger partial charge in [0.2, 0.25) is 0 Å². The van der Waals surface area contributed by atoms with Crippen LogP contribution in [0.5, 0.6) is 11.5 Å². The van der Waals surface area contributed by atoms with E-state index in [0.717, 1.165) is 18.0 Å². The first-order valence-corrected chi connectivity index (χ1v) is 7.71.